The number of nitrogens with one attached hydrogen (secondary N) is 1. The van der Waals surface area contributed by atoms with E-state index in [2.05, 4.69) is 41.3 Å². The normalized spacial score (nSPS) is 10.6. The summed E-state index contributed by atoms with van der Waals surface area (Å²) in [6, 6.07) is 9.80. The number of hydrogen-bond acceptors (Lipinski definition) is 6. The summed E-state index contributed by atoms with van der Waals surface area (Å²) >= 11 is 4.89. The Morgan fingerprint density at radius 2 is 1.95 bits per heavy atom. The van der Waals surface area contributed by atoms with Crippen LogP contribution in [0.25, 0.3) is 5.95 Å². The molecule has 21 heavy (non-hydrogen) atoms. The topological polar surface area (TPSA) is 68.5 Å². The molecule has 0 spiro atoms. The van der Waals surface area contributed by atoms with E-state index in [1.807, 2.05) is 30.3 Å². The minimum absolute atomic E-state index is 0.485. The third-order valence-corrected chi connectivity index (χ3v) is 3.96. The van der Waals surface area contributed by atoms with Crippen LogP contribution in [0.15, 0.2) is 57.3 Å². The predicted molar refractivity (Wildman–Crippen MR) is 84.8 cm³/mol. The molecule has 0 aliphatic carbocycles. The van der Waals surface area contributed by atoms with Crippen molar-refractivity contribution in [2.75, 3.05) is 12.4 Å². The Bertz CT molecular complexity index is 729. The van der Waals surface area contributed by atoms with Gasteiger partial charge in [-0.25, -0.2) is 4.68 Å². The minimum atomic E-state index is 0.485. The number of benzene rings is 1. The van der Waals surface area contributed by atoms with Gasteiger partial charge in [0.15, 0.2) is 5.16 Å². The first-order chi connectivity index (χ1) is 10.2. The first kappa shape index (κ1) is 14.0. The molecule has 8 heteroatoms. The molecule has 6 nitrogen and oxygen atoms in total. The van der Waals surface area contributed by atoms with Crippen LogP contribution in [0.4, 0.5) is 5.95 Å². The van der Waals surface area contributed by atoms with Crippen molar-refractivity contribution in [1.29, 1.82) is 0 Å². The monoisotopic (exact) mass is 362 g/mol. The first-order valence-corrected chi connectivity index (χ1v) is 7.73. The third-order valence-electron chi connectivity index (χ3n) is 2.56. The maximum atomic E-state index is 4.43. The molecule has 0 amide bonds. The zero-order valence-corrected chi connectivity index (χ0v) is 13.5. The molecule has 106 valence electrons. The molecular weight excluding hydrogens is 352 g/mol. The number of nitrogens with zero attached hydrogens (tertiary/aromatic N) is 5. The number of aromatic nitrogens is 5. The Kier molecular flexibility index (Phi) is 4.16. The van der Waals surface area contributed by atoms with Crippen molar-refractivity contribution in [1.82, 2.24) is 24.7 Å². The number of rotatable bonds is 4. The molecule has 2 aromatic heterocycles. The van der Waals surface area contributed by atoms with Gasteiger partial charge in [-0.15, -0.1) is 0 Å². The Hall–Kier alpha value is -1.93. The number of anilines is 1. The van der Waals surface area contributed by atoms with E-state index < -0.39 is 0 Å². The Morgan fingerprint density at radius 1 is 1.14 bits per heavy atom. The molecular formula is C13H11BrN6S. The van der Waals surface area contributed by atoms with Gasteiger partial charge in [-0.3, -0.25) is 0 Å². The molecule has 0 unspecified atom stereocenters. The van der Waals surface area contributed by atoms with E-state index in [9.17, 15) is 0 Å². The van der Waals surface area contributed by atoms with Crippen LogP contribution in [0.1, 0.15) is 0 Å². The highest BCUT2D eigenvalue weighted by molar-refractivity contribution is 9.10. The zero-order valence-electron chi connectivity index (χ0n) is 11.1. The van der Waals surface area contributed by atoms with E-state index in [0.29, 0.717) is 17.1 Å². The van der Waals surface area contributed by atoms with Crippen molar-refractivity contribution in [2.45, 2.75) is 10.1 Å². The van der Waals surface area contributed by atoms with Gasteiger partial charge < -0.3 is 5.32 Å². The maximum absolute atomic E-state index is 4.43. The Balaban J connectivity index is 1.94. The van der Waals surface area contributed by atoms with Crippen LogP contribution in [-0.2, 0) is 0 Å². The zero-order chi connectivity index (χ0) is 14.7. The highest BCUT2D eigenvalue weighted by Gasteiger charge is 2.09. The molecule has 3 aromatic rings. The first-order valence-electron chi connectivity index (χ1n) is 6.12. The summed E-state index contributed by atoms with van der Waals surface area (Å²) in [7, 11) is 1.77. The van der Waals surface area contributed by atoms with Crippen molar-refractivity contribution >= 4 is 33.6 Å². The van der Waals surface area contributed by atoms with Gasteiger partial charge in [0.25, 0.3) is 5.95 Å². The van der Waals surface area contributed by atoms with Crippen LogP contribution in [0.5, 0.6) is 0 Å². The fraction of sp³-hybridized carbons (Fsp3) is 0.0769. The number of hydrogen-bond donors (Lipinski definition) is 1. The molecule has 0 radical (unpaired) electrons. The van der Waals surface area contributed by atoms with Gasteiger partial charge in [0, 0.05) is 28.8 Å². The van der Waals surface area contributed by atoms with Crippen molar-refractivity contribution in [3.05, 3.63) is 47.2 Å². The highest BCUT2D eigenvalue weighted by atomic mass is 79.9. The van der Waals surface area contributed by atoms with Crippen molar-refractivity contribution < 1.29 is 0 Å². The molecule has 2 heterocycles. The van der Waals surface area contributed by atoms with Crippen molar-refractivity contribution in [3.8, 4) is 5.95 Å². The summed E-state index contributed by atoms with van der Waals surface area (Å²) in [5, 5.41) is 7.70. The largest absolute Gasteiger partial charge is 0.357 e. The molecule has 0 saturated carbocycles. The Morgan fingerprint density at radius 3 is 2.62 bits per heavy atom. The molecule has 0 atom stereocenters. The van der Waals surface area contributed by atoms with Crippen LogP contribution in [0.2, 0.25) is 0 Å². The lowest BCUT2D eigenvalue weighted by Gasteiger charge is -2.06. The summed E-state index contributed by atoms with van der Waals surface area (Å²) in [4.78, 5) is 14.1. The summed E-state index contributed by atoms with van der Waals surface area (Å²) < 4.78 is 2.64. The maximum Gasteiger partial charge on any atom is 0.256 e. The fourth-order valence-corrected chi connectivity index (χ4v) is 2.61. The summed E-state index contributed by atoms with van der Waals surface area (Å²) in [5.41, 5.74) is 0. The summed E-state index contributed by atoms with van der Waals surface area (Å²) in [6.07, 6.45) is 3.48. The van der Waals surface area contributed by atoms with Gasteiger partial charge in [-0.05, 0) is 42.1 Å². The van der Waals surface area contributed by atoms with Crippen LogP contribution in [0, 0.1) is 0 Å². The van der Waals surface area contributed by atoms with Crippen LogP contribution < -0.4 is 5.32 Å². The minimum Gasteiger partial charge on any atom is -0.357 e. The molecule has 3 rings (SSSR count). The lowest BCUT2D eigenvalue weighted by atomic mass is 10.4. The van der Waals surface area contributed by atoms with Gasteiger partial charge >= 0.3 is 0 Å². The summed E-state index contributed by atoms with van der Waals surface area (Å²) in [5.74, 6) is 0.995. The molecule has 0 aliphatic heterocycles. The molecule has 0 saturated heterocycles. The second kappa shape index (κ2) is 6.23. The second-order valence-electron chi connectivity index (χ2n) is 4.00. The van der Waals surface area contributed by atoms with E-state index in [1.165, 1.54) is 11.8 Å². The lowest BCUT2D eigenvalue weighted by molar-refractivity contribution is 0.762. The standard InChI is InChI=1S/C13H11BrN6S/c1-15-11-17-12(20-8-2-7-16-20)19-13(18-11)21-10-5-3-9(14)4-6-10/h2-8H,1H3,(H,15,17,18,19). The fourth-order valence-electron chi connectivity index (χ4n) is 1.60. The molecule has 0 fully saturated rings. The SMILES string of the molecule is CNc1nc(Sc2ccc(Br)cc2)nc(-n2cccn2)n1. The number of halogens is 1. The van der Waals surface area contributed by atoms with Crippen LogP contribution >= 0.6 is 27.7 Å². The van der Waals surface area contributed by atoms with Crippen molar-refractivity contribution in [3.63, 3.8) is 0 Å². The average Bonchev–Trinajstić information content (AvgIpc) is 3.04. The van der Waals surface area contributed by atoms with Gasteiger partial charge in [-0.1, -0.05) is 15.9 Å². The average molecular weight is 363 g/mol. The van der Waals surface area contributed by atoms with E-state index in [0.717, 1.165) is 9.37 Å². The van der Waals surface area contributed by atoms with E-state index in [1.54, 1.807) is 24.1 Å². The van der Waals surface area contributed by atoms with Crippen molar-refractivity contribution in [2.24, 2.45) is 0 Å². The summed E-state index contributed by atoms with van der Waals surface area (Å²) in [6.45, 7) is 0. The molecule has 0 bridgehead atoms. The lowest BCUT2D eigenvalue weighted by Crippen LogP contribution is -2.07. The Labute approximate surface area is 134 Å². The van der Waals surface area contributed by atoms with Crippen LogP contribution in [0.3, 0.4) is 0 Å². The van der Waals surface area contributed by atoms with Gasteiger partial charge in [0.2, 0.25) is 5.95 Å². The van der Waals surface area contributed by atoms with Gasteiger partial charge in [-0.2, -0.15) is 20.1 Å². The smallest absolute Gasteiger partial charge is 0.256 e. The van der Waals surface area contributed by atoms with Gasteiger partial charge in [0.05, 0.1) is 0 Å². The van der Waals surface area contributed by atoms with E-state index in [-0.39, 0.29) is 0 Å². The van der Waals surface area contributed by atoms with Gasteiger partial charge in [0.1, 0.15) is 0 Å². The van der Waals surface area contributed by atoms with E-state index >= 15 is 0 Å². The second-order valence-corrected chi connectivity index (χ2v) is 5.95. The van der Waals surface area contributed by atoms with E-state index in [4.69, 9.17) is 0 Å². The predicted octanol–water partition coefficient (Wildman–Crippen LogP) is 3.01. The van der Waals surface area contributed by atoms with Crippen LogP contribution in [-0.4, -0.2) is 31.8 Å². The molecule has 1 aromatic carbocycles. The highest BCUT2D eigenvalue weighted by Crippen LogP contribution is 2.26. The quantitative estimate of drug-likeness (QED) is 0.769. The molecule has 1 N–H and O–H groups in total. The third kappa shape index (κ3) is 3.40. The molecule has 0 aliphatic rings.